The average molecular weight is 287 g/mol. The lowest BCUT2D eigenvalue weighted by Gasteiger charge is -2.15. The molecule has 0 bridgehead atoms. The van der Waals surface area contributed by atoms with Crippen LogP contribution in [0.4, 0.5) is 0 Å². The minimum absolute atomic E-state index is 0.474. The molecule has 0 atom stereocenters. The van der Waals surface area contributed by atoms with Crippen LogP contribution in [-0.4, -0.2) is 29.5 Å². The van der Waals surface area contributed by atoms with Crippen LogP contribution < -0.4 is 5.32 Å². The highest BCUT2D eigenvalue weighted by Gasteiger charge is 2.06. The zero-order valence-electron chi connectivity index (χ0n) is 13.2. The van der Waals surface area contributed by atoms with Crippen LogP contribution >= 0.6 is 0 Å². The fourth-order valence-corrected chi connectivity index (χ4v) is 2.12. The Morgan fingerprint density at radius 3 is 2.57 bits per heavy atom. The Morgan fingerprint density at radius 2 is 1.86 bits per heavy atom. The maximum absolute atomic E-state index is 5.84. The van der Waals surface area contributed by atoms with Gasteiger partial charge in [0.05, 0.1) is 13.1 Å². The first-order chi connectivity index (χ1) is 10.1. The highest BCUT2D eigenvalue weighted by atomic mass is 16.3. The molecule has 0 amide bonds. The van der Waals surface area contributed by atoms with Gasteiger partial charge < -0.3 is 9.73 Å². The van der Waals surface area contributed by atoms with Gasteiger partial charge in [0.1, 0.15) is 11.5 Å². The number of nitrogens with one attached hydrogen (secondary N) is 1. The normalized spacial score (nSPS) is 11.5. The summed E-state index contributed by atoms with van der Waals surface area (Å²) in [5.74, 6) is 2.02. The van der Waals surface area contributed by atoms with Crippen LogP contribution in [-0.2, 0) is 19.5 Å². The number of rotatable bonds is 8. The molecule has 21 heavy (non-hydrogen) atoms. The fourth-order valence-electron chi connectivity index (χ4n) is 2.12. The van der Waals surface area contributed by atoms with Crippen LogP contribution in [0.3, 0.4) is 0 Å². The van der Waals surface area contributed by atoms with Gasteiger partial charge in [-0.25, -0.2) is 0 Å². The first-order valence-electron chi connectivity index (χ1n) is 7.52. The molecule has 2 heterocycles. The van der Waals surface area contributed by atoms with E-state index >= 15 is 0 Å². The molecule has 0 unspecified atom stereocenters. The Kier molecular flexibility index (Phi) is 5.96. The van der Waals surface area contributed by atoms with Gasteiger partial charge in [0, 0.05) is 25.0 Å². The standard InChI is InChI=1S/C17H25N3O/c1-14(2)19-12-16-4-5-17(21-16)13-20(3)11-8-15-6-9-18-10-7-15/h4-7,9-10,14,19H,8,11-13H2,1-3H3. The molecule has 2 rings (SSSR count). The molecule has 0 fully saturated rings. The number of furan rings is 1. The summed E-state index contributed by atoms with van der Waals surface area (Å²) in [7, 11) is 2.12. The molecule has 0 aliphatic carbocycles. The highest BCUT2D eigenvalue weighted by Crippen LogP contribution is 2.10. The minimum atomic E-state index is 0.474. The van der Waals surface area contributed by atoms with Crippen LogP contribution in [0.25, 0.3) is 0 Å². The van der Waals surface area contributed by atoms with E-state index in [9.17, 15) is 0 Å². The number of aromatic nitrogens is 1. The van der Waals surface area contributed by atoms with Gasteiger partial charge in [0.2, 0.25) is 0 Å². The maximum atomic E-state index is 5.84. The molecule has 0 spiro atoms. The molecule has 2 aromatic rings. The van der Waals surface area contributed by atoms with E-state index in [1.54, 1.807) is 0 Å². The molecule has 0 aliphatic heterocycles. The van der Waals surface area contributed by atoms with Gasteiger partial charge >= 0.3 is 0 Å². The van der Waals surface area contributed by atoms with Crippen molar-refractivity contribution >= 4 is 0 Å². The summed E-state index contributed by atoms with van der Waals surface area (Å²) in [6.45, 7) is 6.91. The Hall–Kier alpha value is -1.65. The third kappa shape index (κ3) is 5.69. The predicted octanol–water partition coefficient (Wildman–Crippen LogP) is 2.85. The molecule has 0 saturated carbocycles. The van der Waals surface area contributed by atoms with Gasteiger partial charge in [0.15, 0.2) is 0 Å². The summed E-state index contributed by atoms with van der Waals surface area (Å²) in [5, 5.41) is 3.36. The summed E-state index contributed by atoms with van der Waals surface area (Å²) in [6, 6.07) is 8.73. The van der Waals surface area contributed by atoms with Crippen molar-refractivity contribution in [1.82, 2.24) is 15.2 Å². The van der Waals surface area contributed by atoms with E-state index < -0.39 is 0 Å². The Bertz CT molecular complexity index is 522. The third-order valence-electron chi connectivity index (χ3n) is 3.36. The molecule has 4 heteroatoms. The van der Waals surface area contributed by atoms with Gasteiger partial charge in [0.25, 0.3) is 0 Å². The lowest BCUT2D eigenvalue weighted by Crippen LogP contribution is -2.21. The van der Waals surface area contributed by atoms with Crippen LogP contribution in [0, 0.1) is 0 Å². The van der Waals surface area contributed by atoms with Crippen molar-refractivity contribution in [3.05, 3.63) is 53.7 Å². The second kappa shape index (κ2) is 7.96. The molecule has 0 aliphatic rings. The van der Waals surface area contributed by atoms with Crippen LogP contribution in [0.2, 0.25) is 0 Å². The lowest BCUT2D eigenvalue weighted by molar-refractivity contribution is 0.292. The average Bonchev–Trinajstić information content (AvgIpc) is 2.91. The first-order valence-corrected chi connectivity index (χ1v) is 7.52. The predicted molar refractivity (Wildman–Crippen MR) is 85.0 cm³/mol. The largest absolute Gasteiger partial charge is 0.463 e. The second-order valence-electron chi connectivity index (χ2n) is 5.75. The highest BCUT2D eigenvalue weighted by molar-refractivity contribution is 5.10. The van der Waals surface area contributed by atoms with Crippen molar-refractivity contribution in [2.45, 2.75) is 39.4 Å². The fraction of sp³-hybridized carbons (Fsp3) is 0.471. The van der Waals surface area contributed by atoms with Crippen molar-refractivity contribution in [2.24, 2.45) is 0 Å². The molecule has 0 radical (unpaired) electrons. The number of hydrogen-bond acceptors (Lipinski definition) is 4. The minimum Gasteiger partial charge on any atom is -0.463 e. The maximum Gasteiger partial charge on any atom is 0.118 e. The van der Waals surface area contributed by atoms with E-state index in [1.807, 2.05) is 12.4 Å². The number of likely N-dealkylation sites (N-methyl/N-ethyl adjacent to an activating group) is 1. The first kappa shape index (κ1) is 15.7. The molecule has 0 saturated heterocycles. The Morgan fingerprint density at radius 1 is 1.14 bits per heavy atom. The van der Waals surface area contributed by atoms with Crippen LogP contribution in [0.15, 0.2) is 41.1 Å². The molecule has 4 nitrogen and oxygen atoms in total. The van der Waals surface area contributed by atoms with E-state index in [-0.39, 0.29) is 0 Å². The molecule has 0 aromatic carbocycles. The SMILES string of the molecule is CC(C)NCc1ccc(CN(C)CCc2ccncc2)o1. The van der Waals surface area contributed by atoms with Crippen molar-refractivity contribution < 1.29 is 4.42 Å². The van der Waals surface area contributed by atoms with Crippen molar-refractivity contribution in [2.75, 3.05) is 13.6 Å². The summed E-state index contributed by atoms with van der Waals surface area (Å²) in [4.78, 5) is 6.31. The third-order valence-corrected chi connectivity index (χ3v) is 3.36. The molecule has 114 valence electrons. The van der Waals surface area contributed by atoms with Gasteiger partial charge in [-0.1, -0.05) is 13.8 Å². The summed E-state index contributed by atoms with van der Waals surface area (Å²) >= 11 is 0. The van der Waals surface area contributed by atoms with Gasteiger partial charge in [-0.15, -0.1) is 0 Å². The topological polar surface area (TPSA) is 41.3 Å². The zero-order valence-corrected chi connectivity index (χ0v) is 13.2. The molecular formula is C17H25N3O. The number of hydrogen-bond donors (Lipinski definition) is 1. The quantitative estimate of drug-likeness (QED) is 0.810. The van der Waals surface area contributed by atoms with Crippen LogP contribution in [0.5, 0.6) is 0 Å². The van der Waals surface area contributed by atoms with Gasteiger partial charge in [-0.3, -0.25) is 9.88 Å². The summed E-state index contributed by atoms with van der Waals surface area (Å²) in [6.07, 6.45) is 4.72. The van der Waals surface area contributed by atoms with Gasteiger partial charge in [-0.05, 0) is 43.3 Å². The Balaban J connectivity index is 1.76. The van der Waals surface area contributed by atoms with E-state index in [4.69, 9.17) is 4.42 Å². The lowest BCUT2D eigenvalue weighted by atomic mass is 10.2. The van der Waals surface area contributed by atoms with Crippen LogP contribution in [0.1, 0.15) is 30.9 Å². The monoisotopic (exact) mass is 287 g/mol. The zero-order chi connectivity index (χ0) is 15.1. The number of pyridine rings is 1. The smallest absolute Gasteiger partial charge is 0.118 e. The van der Waals surface area contributed by atoms with Crippen molar-refractivity contribution in [3.8, 4) is 0 Å². The molecule has 2 aromatic heterocycles. The molecule has 1 N–H and O–H groups in total. The molecular weight excluding hydrogens is 262 g/mol. The van der Waals surface area contributed by atoms with Crippen molar-refractivity contribution in [1.29, 1.82) is 0 Å². The van der Waals surface area contributed by atoms with Crippen molar-refractivity contribution in [3.63, 3.8) is 0 Å². The van der Waals surface area contributed by atoms with E-state index in [0.29, 0.717) is 6.04 Å². The van der Waals surface area contributed by atoms with E-state index in [1.165, 1.54) is 5.56 Å². The van der Waals surface area contributed by atoms with Gasteiger partial charge in [-0.2, -0.15) is 0 Å². The summed E-state index contributed by atoms with van der Waals surface area (Å²) < 4.78 is 5.84. The van der Waals surface area contributed by atoms with E-state index in [0.717, 1.165) is 37.6 Å². The Labute approximate surface area is 127 Å². The second-order valence-corrected chi connectivity index (χ2v) is 5.75. The summed E-state index contributed by atoms with van der Waals surface area (Å²) in [5.41, 5.74) is 1.32. The van der Waals surface area contributed by atoms with E-state index in [2.05, 4.69) is 60.4 Å². The number of nitrogens with zero attached hydrogens (tertiary/aromatic N) is 2.